The number of aliphatic hydroxyl groups is 1. The SMILES string of the molecule is NC(=O)c1c(-c2ccc3ccc(-c4ccccc4F)nc3c2)nn(C2CC(O)C2)c1N. The van der Waals surface area contributed by atoms with Gasteiger partial charge in [0.25, 0.3) is 5.91 Å². The van der Waals surface area contributed by atoms with Crippen molar-refractivity contribution < 1.29 is 14.3 Å². The molecule has 2 heterocycles. The van der Waals surface area contributed by atoms with Gasteiger partial charge in [-0.1, -0.05) is 30.3 Å². The fraction of sp³-hybridized carbons (Fsp3) is 0.174. The van der Waals surface area contributed by atoms with Gasteiger partial charge in [-0.15, -0.1) is 0 Å². The first-order valence-electron chi connectivity index (χ1n) is 9.94. The van der Waals surface area contributed by atoms with E-state index in [1.54, 1.807) is 35.0 Å². The van der Waals surface area contributed by atoms with Crippen molar-refractivity contribution in [2.24, 2.45) is 5.73 Å². The quantitative estimate of drug-likeness (QED) is 0.471. The summed E-state index contributed by atoms with van der Waals surface area (Å²) < 4.78 is 15.8. The van der Waals surface area contributed by atoms with E-state index in [0.29, 0.717) is 40.9 Å². The van der Waals surface area contributed by atoms with Crippen LogP contribution in [-0.2, 0) is 0 Å². The molecule has 0 atom stereocenters. The highest BCUT2D eigenvalue weighted by Crippen LogP contribution is 2.37. The Morgan fingerprint density at radius 2 is 1.87 bits per heavy atom. The first-order chi connectivity index (χ1) is 14.9. The predicted molar refractivity (Wildman–Crippen MR) is 116 cm³/mol. The van der Waals surface area contributed by atoms with Crippen molar-refractivity contribution in [1.29, 1.82) is 0 Å². The van der Waals surface area contributed by atoms with E-state index in [0.717, 1.165) is 5.39 Å². The zero-order valence-corrected chi connectivity index (χ0v) is 16.5. The number of aromatic nitrogens is 3. The molecule has 4 aromatic rings. The fourth-order valence-electron chi connectivity index (χ4n) is 4.01. The van der Waals surface area contributed by atoms with Crippen LogP contribution in [0.2, 0.25) is 0 Å². The van der Waals surface area contributed by atoms with Crippen LogP contribution < -0.4 is 11.5 Å². The van der Waals surface area contributed by atoms with Gasteiger partial charge < -0.3 is 16.6 Å². The maximum atomic E-state index is 14.2. The summed E-state index contributed by atoms with van der Waals surface area (Å²) in [5.74, 6) is -0.838. The molecule has 0 aliphatic heterocycles. The number of carbonyl (C=O) groups excluding carboxylic acids is 1. The molecule has 1 amide bonds. The number of benzene rings is 2. The largest absolute Gasteiger partial charge is 0.393 e. The van der Waals surface area contributed by atoms with Crippen molar-refractivity contribution in [1.82, 2.24) is 14.8 Å². The molecule has 5 rings (SSSR count). The molecule has 2 aromatic carbocycles. The number of nitrogens with two attached hydrogens (primary N) is 2. The molecule has 8 heteroatoms. The van der Waals surface area contributed by atoms with Crippen LogP contribution in [0.15, 0.2) is 54.6 Å². The average molecular weight is 417 g/mol. The first kappa shape index (κ1) is 19.2. The van der Waals surface area contributed by atoms with Gasteiger partial charge in [-0.05, 0) is 37.1 Å². The Hall–Kier alpha value is -3.78. The number of aliphatic hydroxyl groups excluding tert-OH is 1. The minimum Gasteiger partial charge on any atom is -0.393 e. The minimum atomic E-state index is -0.674. The number of nitrogens with zero attached hydrogens (tertiary/aromatic N) is 3. The molecule has 1 saturated carbocycles. The van der Waals surface area contributed by atoms with Gasteiger partial charge in [-0.3, -0.25) is 4.79 Å². The Labute approximate surface area is 177 Å². The van der Waals surface area contributed by atoms with E-state index < -0.39 is 12.0 Å². The Balaban J connectivity index is 1.63. The number of amides is 1. The van der Waals surface area contributed by atoms with Gasteiger partial charge in [-0.25, -0.2) is 14.1 Å². The number of fused-ring (bicyclic) bond motifs is 1. The minimum absolute atomic E-state index is 0.0758. The predicted octanol–water partition coefficient (Wildman–Crippen LogP) is 3.28. The fourth-order valence-corrected chi connectivity index (χ4v) is 4.01. The number of hydrogen-bond donors (Lipinski definition) is 3. The zero-order valence-electron chi connectivity index (χ0n) is 16.5. The van der Waals surface area contributed by atoms with Crippen LogP contribution in [0.25, 0.3) is 33.4 Å². The summed E-state index contributed by atoms with van der Waals surface area (Å²) in [5, 5.41) is 15.0. The highest BCUT2D eigenvalue weighted by atomic mass is 19.1. The summed E-state index contributed by atoms with van der Waals surface area (Å²) in [4.78, 5) is 16.8. The normalized spacial score (nSPS) is 18.1. The number of hydrogen-bond acceptors (Lipinski definition) is 5. The number of primary amides is 1. The molecular weight excluding hydrogens is 397 g/mol. The van der Waals surface area contributed by atoms with Gasteiger partial charge in [0.05, 0.1) is 23.4 Å². The van der Waals surface area contributed by atoms with E-state index in [2.05, 4.69) is 10.1 Å². The van der Waals surface area contributed by atoms with E-state index in [-0.39, 0.29) is 23.2 Å². The Kier molecular flexibility index (Phi) is 4.44. The lowest BCUT2D eigenvalue weighted by molar-refractivity contribution is 0.0445. The summed E-state index contributed by atoms with van der Waals surface area (Å²) in [5.41, 5.74) is 14.5. The molecule has 156 valence electrons. The van der Waals surface area contributed by atoms with Crippen molar-refractivity contribution in [2.45, 2.75) is 25.0 Å². The van der Waals surface area contributed by atoms with Crippen LogP contribution in [0, 0.1) is 5.82 Å². The zero-order chi connectivity index (χ0) is 21.7. The second kappa shape index (κ2) is 7.17. The van der Waals surface area contributed by atoms with Crippen LogP contribution in [0.3, 0.4) is 0 Å². The smallest absolute Gasteiger partial charge is 0.254 e. The molecular formula is C23H20FN5O2. The highest BCUT2D eigenvalue weighted by molar-refractivity contribution is 6.04. The van der Waals surface area contributed by atoms with Crippen LogP contribution in [0.1, 0.15) is 29.2 Å². The van der Waals surface area contributed by atoms with Crippen LogP contribution in [-0.4, -0.2) is 31.9 Å². The molecule has 0 radical (unpaired) electrons. The van der Waals surface area contributed by atoms with E-state index in [1.807, 2.05) is 18.2 Å². The molecule has 1 aliphatic rings. The third-order valence-corrected chi connectivity index (χ3v) is 5.74. The van der Waals surface area contributed by atoms with Crippen molar-refractivity contribution in [2.75, 3.05) is 5.73 Å². The summed E-state index contributed by atoms with van der Waals surface area (Å²) in [6, 6.07) is 15.5. The molecule has 5 N–H and O–H groups in total. The standard InChI is InChI=1S/C23H20FN5O2/c24-17-4-2-1-3-16(17)18-8-7-12-5-6-13(9-19(12)27-18)21-20(23(26)31)22(25)29(28-21)14-10-15(30)11-14/h1-9,14-15,30H,10-11,25H2,(H2,26,31). The topological polar surface area (TPSA) is 120 Å². The molecule has 1 aliphatic carbocycles. The Morgan fingerprint density at radius 3 is 2.58 bits per heavy atom. The lowest BCUT2D eigenvalue weighted by Crippen LogP contribution is -2.32. The first-order valence-corrected chi connectivity index (χ1v) is 9.94. The molecule has 0 spiro atoms. The van der Waals surface area contributed by atoms with Gasteiger partial charge in [-0.2, -0.15) is 5.10 Å². The molecule has 0 saturated heterocycles. The molecule has 0 unspecified atom stereocenters. The van der Waals surface area contributed by atoms with E-state index in [9.17, 15) is 14.3 Å². The number of halogens is 1. The van der Waals surface area contributed by atoms with Crippen molar-refractivity contribution >= 4 is 22.6 Å². The summed E-state index contributed by atoms with van der Waals surface area (Å²) >= 11 is 0. The third-order valence-electron chi connectivity index (χ3n) is 5.74. The highest BCUT2D eigenvalue weighted by Gasteiger charge is 2.33. The molecule has 7 nitrogen and oxygen atoms in total. The van der Waals surface area contributed by atoms with Crippen LogP contribution in [0.4, 0.5) is 10.2 Å². The van der Waals surface area contributed by atoms with Crippen LogP contribution in [0.5, 0.6) is 0 Å². The maximum Gasteiger partial charge on any atom is 0.254 e. The summed E-state index contributed by atoms with van der Waals surface area (Å²) in [6.45, 7) is 0. The number of carbonyl (C=O) groups is 1. The number of pyridine rings is 1. The lowest BCUT2D eigenvalue weighted by Gasteiger charge is -2.32. The number of anilines is 1. The lowest BCUT2D eigenvalue weighted by atomic mass is 9.90. The van der Waals surface area contributed by atoms with E-state index >= 15 is 0 Å². The Bertz CT molecular complexity index is 1330. The summed E-state index contributed by atoms with van der Waals surface area (Å²) in [7, 11) is 0. The maximum absolute atomic E-state index is 14.2. The Morgan fingerprint density at radius 1 is 1.13 bits per heavy atom. The van der Waals surface area contributed by atoms with Gasteiger partial charge in [0.15, 0.2) is 0 Å². The molecule has 31 heavy (non-hydrogen) atoms. The van der Waals surface area contributed by atoms with Gasteiger partial charge in [0.2, 0.25) is 0 Å². The number of rotatable bonds is 4. The third kappa shape index (κ3) is 3.21. The molecule has 1 fully saturated rings. The second-order valence-electron chi connectivity index (χ2n) is 7.78. The van der Waals surface area contributed by atoms with Crippen LogP contribution >= 0.6 is 0 Å². The molecule has 2 aromatic heterocycles. The number of nitrogen functional groups attached to an aromatic ring is 1. The van der Waals surface area contributed by atoms with Gasteiger partial charge >= 0.3 is 0 Å². The van der Waals surface area contributed by atoms with E-state index in [1.165, 1.54) is 6.07 Å². The van der Waals surface area contributed by atoms with Gasteiger partial charge in [0.1, 0.15) is 22.9 Å². The average Bonchev–Trinajstić information content (AvgIpc) is 3.08. The summed E-state index contributed by atoms with van der Waals surface area (Å²) in [6.07, 6.45) is 0.652. The van der Waals surface area contributed by atoms with Gasteiger partial charge in [0, 0.05) is 16.5 Å². The van der Waals surface area contributed by atoms with Crippen molar-refractivity contribution in [3.8, 4) is 22.5 Å². The second-order valence-corrected chi connectivity index (χ2v) is 7.78. The monoisotopic (exact) mass is 417 g/mol. The van der Waals surface area contributed by atoms with Crippen molar-refractivity contribution in [3.05, 3.63) is 66.0 Å². The van der Waals surface area contributed by atoms with E-state index in [4.69, 9.17) is 11.5 Å². The van der Waals surface area contributed by atoms with Crippen molar-refractivity contribution in [3.63, 3.8) is 0 Å². The molecule has 0 bridgehead atoms.